The fourth-order valence-electron chi connectivity index (χ4n) is 5.24. The second-order valence-electron chi connectivity index (χ2n) is 9.07. The molecule has 2 amide bonds. The molecule has 0 radical (unpaired) electrons. The largest absolute Gasteiger partial charge is 0.376 e. The minimum Gasteiger partial charge on any atom is -0.376 e. The lowest BCUT2D eigenvalue weighted by Gasteiger charge is -2.41. The Labute approximate surface area is 179 Å². The van der Waals surface area contributed by atoms with Gasteiger partial charge in [0, 0.05) is 44.9 Å². The molecule has 6 nitrogen and oxygen atoms in total. The highest BCUT2D eigenvalue weighted by Crippen LogP contribution is 2.31. The molecule has 0 spiro atoms. The van der Waals surface area contributed by atoms with Crippen LogP contribution in [-0.4, -0.2) is 73.1 Å². The van der Waals surface area contributed by atoms with Crippen molar-refractivity contribution in [2.24, 2.45) is 5.92 Å². The first-order chi connectivity index (χ1) is 14.6. The number of nitrogens with zero attached hydrogens (tertiary/aromatic N) is 2. The molecular formula is C24H35N3O3. The molecule has 1 aromatic rings. The van der Waals surface area contributed by atoms with Crippen molar-refractivity contribution in [3.8, 4) is 0 Å². The second kappa shape index (κ2) is 9.92. The summed E-state index contributed by atoms with van der Waals surface area (Å²) in [7, 11) is 0. The Kier molecular flexibility index (Phi) is 7.05. The van der Waals surface area contributed by atoms with Gasteiger partial charge in [-0.2, -0.15) is 0 Å². The highest BCUT2D eigenvalue weighted by molar-refractivity contribution is 5.94. The van der Waals surface area contributed by atoms with Gasteiger partial charge in [0.15, 0.2) is 0 Å². The highest BCUT2D eigenvalue weighted by Gasteiger charge is 2.37. The summed E-state index contributed by atoms with van der Waals surface area (Å²) >= 11 is 0. The lowest BCUT2D eigenvalue weighted by atomic mass is 9.94. The van der Waals surface area contributed by atoms with Crippen LogP contribution < -0.4 is 5.32 Å². The molecule has 1 N–H and O–H groups in total. The number of hydrogen-bond acceptors (Lipinski definition) is 4. The molecule has 2 heterocycles. The maximum Gasteiger partial charge on any atom is 0.253 e. The molecule has 0 unspecified atom stereocenters. The van der Waals surface area contributed by atoms with E-state index in [9.17, 15) is 9.59 Å². The smallest absolute Gasteiger partial charge is 0.253 e. The maximum atomic E-state index is 13.2. The molecule has 1 aromatic carbocycles. The number of aryl methyl sites for hydroxylation is 1. The first-order valence-electron chi connectivity index (χ1n) is 11.6. The average Bonchev–Trinajstić information content (AvgIpc) is 3.47. The van der Waals surface area contributed by atoms with Gasteiger partial charge in [-0.15, -0.1) is 0 Å². The highest BCUT2D eigenvalue weighted by atomic mass is 16.5. The van der Waals surface area contributed by atoms with Crippen molar-refractivity contribution in [2.45, 2.75) is 57.6 Å². The molecule has 3 fully saturated rings. The molecule has 164 valence electrons. The van der Waals surface area contributed by atoms with E-state index in [1.807, 2.05) is 36.1 Å². The standard InChI is InChI=1S/C24H35N3O3/c1-18-6-4-9-20(16-18)24(29)27-13-11-26(12-14-27)22(19-7-2-3-8-19)23(28)25-17-21-10-5-15-30-21/h4,6,9,16,19,21-22H,2-3,5,7-8,10-15,17H2,1H3,(H,25,28)/t21-,22+/m0/s1. The first kappa shape index (κ1) is 21.3. The molecule has 1 saturated carbocycles. The van der Waals surface area contributed by atoms with Gasteiger partial charge in [0.05, 0.1) is 12.1 Å². The predicted molar refractivity (Wildman–Crippen MR) is 116 cm³/mol. The van der Waals surface area contributed by atoms with Crippen LogP contribution in [0.25, 0.3) is 0 Å². The van der Waals surface area contributed by atoms with Crippen molar-refractivity contribution >= 4 is 11.8 Å². The van der Waals surface area contributed by atoms with Crippen LogP contribution in [-0.2, 0) is 9.53 Å². The van der Waals surface area contributed by atoms with E-state index < -0.39 is 0 Å². The van der Waals surface area contributed by atoms with E-state index in [1.165, 1.54) is 12.8 Å². The van der Waals surface area contributed by atoms with Gasteiger partial charge in [0.2, 0.25) is 5.91 Å². The van der Waals surface area contributed by atoms with Crippen LogP contribution in [0.15, 0.2) is 24.3 Å². The number of nitrogens with one attached hydrogen (secondary N) is 1. The third kappa shape index (κ3) is 5.03. The van der Waals surface area contributed by atoms with Crippen LogP contribution in [0.3, 0.4) is 0 Å². The van der Waals surface area contributed by atoms with Gasteiger partial charge in [0.1, 0.15) is 0 Å². The Morgan fingerprint density at radius 3 is 2.53 bits per heavy atom. The molecule has 0 bridgehead atoms. The summed E-state index contributed by atoms with van der Waals surface area (Å²) in [6.07, 6.45) is 6.97. The van der Waals surface area contributed by atoms with E-state index in [0.717, 1.165) is 56.5 Å². The number of amides is 2. The van der Waals surface area contributed by atoms with Crippen LogP contribution in [0, 0.1) is 12.8 Å². The topological polar surface area (TPSA) is 61.9 Å². The summed E-state index contributed by atoms with van der Waals surface area (Å²) < 4.78 is 5.67. The van der Waals surface area contributed by atoms with Crippen molar-refractivity contribution in [3.05, 3.63) is 35.4 Å². The number of piperazine rings is 1. The number of rotatable bonds is 6. The fraction of sp³-hybridized carbons (Fsp3) is 0.667. The molecule has 2 aliphatic heterocycles. The van der Waals surface area contributed by atoms with Gasteiger partial charge in [0.25, 0.3) is 5.91 Å². The fourth-order valence-corrected chi connectivity index (χ4v) is 5.24. The summed E-state index contributed by atoms with van der Waals surface area (Å²) in [6, 6.07) is 7.71. The third-order valence-electron chi connectivity index (χ3n) is 6.90. The molecule has 0 aromatic heterocycles. The first-order valence-corrected chi connectivity index (χ1v) is 11.6. The number of carbonyl (C=O) groups is 2. The van der Waals surface area contributed by atoms with Crippen molar-refractivity contribution in [3.63, 3.8) is 0 Å². The summed E-state index contributed by atoms with van der Waals surface area (Å²) in [5.41, 5.74) is 1.86. The van der Waals surface area contributed by atoms with E-state index >= 15 is 0 Å². The van der Waals surface area contributed by atoms with E-state index in [-0.39, 0.29) is 24.0 Å². The zero-order chi connectivity index (χ0) is 20.9. The van der Waals surface area contributed by atoms with E-state index in [2.05, 4.69) is 10.2 Å². The predicted octanol–water partition coefficient (Wildman–Crippen LogP) is 2.61. The third-order valence-corrected chi connectivity index (χ3v) is 6.90. The minimum atomic E-state index is -0.0786. The van der Waals surface area contributed by atoms with E-state index in [1.54, 1.807) is 0 Å². The van der Waals surface area contributed by atoms with Gasteiger partial charge < -0.3 is 15.0 Å². The molecule has 6 heteroatoms. The molecule has 30 heavy (non-hydrogen) atoms. The second-order valence-corrected chi connectivity index (χ2v) is 9.07. The van der Waals surface area contributed by atoms with Crippen LogP contribution in [0.4, 0.5) is 0 Å². The lowest BCUT2D eigenvalue weighted by Crippen LogP contribution is -2.58. The average molecular weight is 414 g/mol. The van der Waals surface area contributed by atoms with Crippen LogP contribution >= 0.6 is 0 Å². The molecule has 3 aliphatic rings. The van der Waals surface area contributed by atoms with Gasteiger partial charge in [-0.05, 0) is 50.7 Å². The Bertz CT molecular complexity index is 733. The number of hydrogen-bond donors (Lipinski definition) is 1. The molecule has 4 rings (SSSR count). The van der Waals surface area contributed by atoms with Gasteiger partial charge >= 0.3 is 0 Å². The lowest BCUT2D eigenvalue weighted by molar-refractivity contribution is -0.129. The number of benzene rings is 1. The molecule has 2 atom stereocenters. The summed E-state index contributed by atoms with van der Waals surface area (Å²) in [5.74, 6) is 0.669. The van der Waals surface area contributed by atoms with E-state index in [0.29, 0.717) is 25.6 Å². The zero-order valence-electron chi connectivity index (χ0n) is 18.1. The molecule has 2 saturated heterocycles. The summed E-state index contributed by atoms with van der Waals surface area (Å²) in [6.45, 7) is 6.30. The summed E-state index contributed by atoms with van der Waals surface area (Å²) in [4.78, 5) is 30.3. The Morgan fingerprint density at radius 1 is 1.10 bits per heavy atom. The van der Waals surface area contributed by atoms with Gasteiger partial charge in [-0.25, -0.2) is 0 Å². The minimum absolute atomic E-state index is 0.0786. The van der Waals surface area contributed by atoms with Crippen molar-refractivity contribution in [1.82, 2.24) is 15.1 Å². The maximum absolute atomic E-state index is 13.2. The quantitative estimate of drug-likeness (QED) is 0.779. The molecule has 1 aliphatic carbocycles. The Morgan fingerprint density at radius 2 is 1.87 bits per heavy atom. The van der Waals surface area contributed by atoms with E-state index in [4.69, 9.17) is 4.74 Å². The van der Waals surface area contributed by atoms with Crippen LogP contribution in [0.5, 0.6) is 0 Å². The Hall–Kier alpha value is -1.92. The van der Waals surface area contributed by atoms with Gasteiger partial charge in [-0.3, -0.25) is 14.5 Å². The van der Waals surface area contributed by atoms with Gasteiger partial charge in [-0.1, -0.05) is 30.5 Å². The summed E-state index contributed by atoms with van der Waals surface area (Å²) in [5, 5.41) is 3.18. The SMILES string of the molecule is Cc1cccc(C(=O)N2CCN([C@@H](C(=O)NC[C@@H]3CCCO3)C3CCCC3)CC2)c1. The monoisotopic (exact) mass is 413 g/mol. The number of ether oxygens (including phenoxy) is 1. The van der Waals surface area contributed by atoms with Crippen molar-refractivity contribution < 1.29 is 14.3 Å². The van der Waals surface area contributed by atoms with Crippen LogP contribution in [0.2, 0.25) is 0 Å². The normalized spacial score (nSPS) is 24.2. The van der Waals surface area contributed by atoms with Crippen molar-refractivity contribution in [2.75, 3.05) is 39.3 Å². The Balaban J connectivity index is 1.36. The number of carbonyl (C=O) groups excluding carboxylic acids is 2. The zero-order valence-corrected chi connectivity index (χ0v) is 18.1. The van der Waals surface area contributed by atoms with Crippen molar-refractivity contribution in [1.29, 1.82) is 0 Å². The van der Waals surface area contributed by atoms with Crippen LogP contribution in [0.1, 0.15) is 54.4 Å². The molecular weight excluding hydrogens is 378 g/mol.